The Labute approximate surface area is 204 Å². The van der Waals surface area contributed by atoms with E-state index in [1.165, 1.54) is 5.56 Å². The number of amides is 1. The first-order valence-corrected chi connectivity index (χ1v) is 12.3. The summed E-state index contributed by atoms with van der Waals surface area (Å²) in [6, 6.07) is 20.3. The van der Waals surface area contributed by atoms with E-state index >= 15 is 0 Å². The highest BCUT2D eigenvalue weighted by molar-refractivity contribution is 7.13. The van der Waals surface area contributed by atoms with Crippen LogP contribution in [0.4, 0.5) is 5.69 Å². The molecule has 4 aromatic rings. The summed E-state index contributed by atoms with van der Waals surface area (Å²) in [6.45, 7) is 7.04. The van der Waals surface area contributed by atoms with Crippen LogP contribution in [0.15, 0.2) is 66.0 Å². The largest absolute Gasteiger partial charge is 0.497 e. The third-order valence-electron chi connectivity index (χ3n) is 6.29. The highest BCUT2D eigenvalue weighted by atomic mass is 32.1. The number of hydrogen-bond acceptors (Lipinski definition) is 5. The summed E-state index contributed by atoms with van der Waals surface area (Å²) in [5.74, 6) is 0.864. The second kappa shape index (κ2) is 9.35. The summed E-state index contributed by atoms with van der Waals surface area (Å²) < 4.78 is 7.09. The number of piperazine rings is 1. The Morgan fingerprint density at radius 2 is 1.74 bits per heavy atom. The summed E-state index contributed by atoms with van der Waals surface area (Å²) in [4.78, 5) is 19.0. The fourth-order valence-corrected chi connectivity index (χ4v) is 5.11. The maximum atomic E-state index is 13.7. The Morgan fingerprint density at radius 1 is 0.971 bits per heavy atom. The smallest absolute Gasteiger partial charge is 0.272 e. The second-order valence-corrected chi connectivity index (χ2v) is 9.52. The minimum atomic E-state index is 0.0182. The van der Waals surface area contributed by atoms with Gasteiger partial charge in [0, 0.05) is 31.9 Å². The highest BCUT2D eigenvalue weighted by Gasteiger charge is 2.27. The van der Waals surface area contributed by atoms with E-state index in [9.17, 15) is 4.79 Å². The molecule has 34 heavy (non-hydrogen) atoms. The lowest BCUT2D eigenvalue weighted by atomic mass is 10.1. The van der Waals surface area contributed by atoms with E-state index in [1.807, 2.05) is 51.4 Å². The fourth-order valence-electron chi connectivity index (χ4n) is 4.43. The first-order valence-electron chi connectivity index (χ1n) is 11.4. The van der Waals surface area contributed by atoms with Crippen LogP contribution in [-0.2, 0) is 0 Å². The predicted molar refractivity (Wildman–Crippen MR) is 137 cm³/mol. The molecule has 5 rings (SSSR count). The van der Waals surface area contributed by atoms with Gasteiger partial charge in [0.1, 0.15) is 17.1 Å². The number of hydrogen-bond donors (Lipinski definition) is 0. The molecule has 0 spiro atoms. The molecule has 1 amide bonds. The molecule has 1 aliphatic rings. The van der Waals surface area contributed by atoms with E-state index in [2.05, 4.69) is 43.0 Å². The van der Waals surface area contributed by atoms with Crippen LogP contribution in [-0.4, -0.2) is 53.9 Å². The monoisotopic (exact) mass is 472 g/mol. The highest BCUT2D eigenvalue weighted by Crippen LogP contribution is 2.28. The maximum absolute atomic E-state index is 13.7. The van der Waals surface area contributed by atoms with Crippen molar-refractivity contribution in [3.63, 3.8) is 0 Å². The zero-order chi connectivity index (χ0) is 23.7. The molecule has 0 atom stereocenters. The van der Waals surface area contributed by atoms with Crippen LogP contribution in [0.5, 0.6) is 5.75 Å². The summed E-state index contributed by atoms with van der Waals surface area (Å²) in [5.41, 5.74) is 5.80. The van der Waals surface area contributed by atoms with Crippen LogP contribution in [0.25, 0.3) is 16.3 Å². The molecule has 0 bridgehead atoms. The zero-order valence-corrected chi connectivity index (χ0v) is 20.5. The first-order chi connectivity index (χ1) is 16.5. The molecular weight excluding hydrogens is 444 g/mol. The van der Waals surface area contributed by atoms with Gasteiger partial charge in [0.25, 0.3) is 5.91 Å². The quantitative estimate of drug-likeness (QED) is 0.401. The van der Waals surface area contributed by atoms with Gasteiger partial charge in [-0.05, 0) is 67.3 Å². The summed E-state index contributed by atoms with van der Waals surface area (Å²) >= 11 is 1.63. The molecule has 0 saturated carbocycles. The number of aryl methyl sites for hydroxylation is 2. The molecule has 0 unspecified atom stereocenters. The number of methoxy groups -OCH3 is 1. The van der Waals surface area contributed by atoms with Gasteiger partial charge in [0.2, 0.25) is 0 Å². The lowest BCUT2D eigenvalue weighted by molar-refractivity contribution is 0.0737. The molecule has 2 aromatic carbocycles. The molecule has 1 aliphatic heterocycles. The van der Waals surface area contributed by atoms with Crippen molar-refractivity contribution in [2.75, 3.05) is 38.2 Å². The molecule has 0 N–H and O–H groups in total. The number of carbonyl (C=O) groups is 1. The van der Waals surface area contributed by atoms with E-state index < -0.39 is 0 Å². The van der Waals surface area contributed by atoms with Gasteiger partial charge in [-0.3, -0.25) is 4.79 Å². The Bertz CT molecular complexity index is 1290. The Balaban J connectivity index is 1.41. The summed E-state index contributed by atoms with van der Waals surface area (Å²) in [5, 5.41) is 6.90. The fraction of sp³-hybridized carbons (Fsp3) is 0.259. The van der Waals surface area contributed by atoms with E-state index in [1.54, 1.807) is 18.4 Å². The molecule has 1 saturated heterocycles. The van der Waals surface area contributed by atoms with Crippen molar-refractivity contribution in [1.29, 1.82) is 0 Å². The number of aromatic nitrogens is 2. The van der Waals surface area contributed by atoms with Crippen molar-refractivity contribution in [3.05, 3.63) is 82.9 Å². The van der Waals surface area contributed by atoms with Gasteiger partial charge in [-0.1, -0.05) is 23.8 Å². The topological polar surface area (TPSA) is 50.6 Å². The van der Waals surface area contributed by atoms with E-state index in [0.717, 1.165) is 46.3 Å². The average molecular weight is 473 g/mol. The number of thiophene rings is 1. The Morgan fingerprint density at radius 3 is 2.38 bits per heavy atom. The number of ether oxygens (including phenoxy) is 1. The van der Waals surface area contributed by atoms with Gasteiger partial charge in [-0.25, -0.2) is 4.68 Å². The number of anilines is 1. The van der Waals surface area contributed by atoms with Crippen molar-refractivity contribution in [1.82, 2.24) is 14.7 Å². The molecule has 174 valence electrons. The average Bonchev–Trinajstić information content (AvgIpc) is 3.54. The van der Waals surface area contributed by atoms with Gasteiger partial charge < -0.3 is 14.5 Å². The maximum Gasteiger partial charge on any atom is 0.272 e. The van der Waals surface area contributed by atoms with Gasteiger partial charge in [-0.15, -0.1) is 11.3 Å². The lowest BCUT2D eigenvalue weighted by Gasteiger charge is -2.36. The first kappa shape index (κ1) is 22.2. The molecule has 7 heteroatoms. The Hall–Kier alpha value is -3.58. The standard InChI is InChI=1S/C27H28N4O2S/c1-19-6-11-24(20(2)17-19)31-25(18-23(28-31)26-5-4-16-34-26)27(32)30-14-12-29(13-15-30)21-7-9-22(33-3)10-8-21/h4-11,16-18H,12-15H2,1-3H3. The van der Waals surface area contributed by atoms with Crippen LogP contribution < -0.4 is 9.64 Å². The lowest BCUT2D eigenvalue weighted by Crippen LogP contribution is -2.49. The molecule has 0 aliphatic carbocycles. The normalized spacial score (nSPS) is 13.9. The molecule has 6 nitrogen and oxygen atoms in total. The third kappa shape index (κ3) is 4.31. The van der Waals surface area contributed by atoms with Gasteiger partial charge in [0.05, 0.1) is 17.7 Å². The SMILES string of the molecule is COc1ccc(N2CCN(C(=O)c3cc(-c4cccs4)nn3-c3ccc(C)cc3C)CC2)cc1. The number of rotatable bonds is 5. The minimum Gasteiger partial charge on any atom is -0.497 e. The van der Waals surface area contributed by atoms with E-state index in [-0.39, 0.29) is 5.91 Å². The Kier molecular flexibility index (Phi) is 6.11. The van der Waals surface area contributed by atoms with Crippen LogP contribution in [0, 0.1) is 13.8 Å². The third-order valence-corrected chi connectivity index (χ3v) is 7.18. The summed E-state index contributed by atoms with van der Waals surface area (Å²) in [7, 11) is 1.67. The second-order valence-electron chi connectivity index (χ2n) is 8.57. The molecule has 3 heterocycles. The van der Waals surface area contributed by atoms with Gasteiger partial charge in [0.15, 0.2) is 0 Å². The molecule has 0 radical (unpaired) electrons. The van der Waals surface area contributed by atoms with Crippen LogP contribution in [0.2, 0.25) is 0 Å². The van der Waals surface area contributed by atoms with Crippen LogP contribution in [0.1, 0.15) is 21.6 Å². The van der Waals surface area contributed by atoms with Crippen molar-refractivity contribution < 1.29 is 9.53 Å². The number of nitrogens with zero attached hydrogens (tertiary/aromatic N) is 4. The molecular formula is C27H28N4O2S. The van der Waals surface area contributed by atoms with E-state index in [0.29, 0.717) is 18.8 Å². The van der Waals surface area contributed by atoms with Crippen molar-refractivity contribution in [2.24, 2.45) is 0 Å². The molecule has 2 aromatic heterocycles. The predicted octanol–water partition coefficient (Wildman–Crippen LogP) is 5.19. The number of benzene rings is 2. The van der Waals surface area contributed by atoms with E-state index in [4.69, 9.17) is 9.84 Å². The van der Waals surface area contributed by atoms with Gasteiger partial charge in [-0.2, -0.15) is 5.10 Å². The molecule has 1 fully saturated rings. The van der Waals surface area contributed by atoms with Crippen molar-refractivity contribution in [2.45, 2.75) is 13.8 Å². The summed E-state index contributed by atoms with van der Waals surface area (Å²) in [6.07, 6.45) is 0. The van der Waals surface area contributed by atoms with Crippen molar-refractivity contribution in [3.8, 4) is 22.0 Å². The minimum absolute atomic E-state index is 0.0182. The van der Waals surface area contributed by atoms with Crippen molar-refractivity contribution >= 4 is 22.9 Å². The number of carbonyl (C=O) groups excluding carboxylic acids is 1. The van der Waals surface area contributed by atoms with Crippen LogP contribution >= 0.6 is 11.3 Å². The van der Waals surface area contributed by atoms with Crippen LogP contribution in [0.3, 0.4) is 0 Å². The van der Waals surface area contributed by atoms with Gasteiger partial charge >= 0.3 is 0 Å². The zero-order valence-electron chi connectivity index (χ0n) is 19.7.